The fourth-order valence-corrected chi connectivity index (χ4v) is 3.81. The average Bonchev–Trinajstić information content (AvgIpc) is 3.20. The first-order valence-electron chi connectivity index (χ1n) is 9.71. The Hall–Kier alpha value is -3.11. The minimum absolute atomic E-state index is 0.0133. The van der Waals surface area contributed by atoms with E-state index in [9.17, 15) is 13.9 Å². The molecule has 0 saturated carbocycles. The Balaban J connectivity index is 2.07. The van der Waals surface area contributed by atoms with Gasteiger partial charge in [-0.3, -0.25) is 4.98 Å². The Labute approximate surface area is 176 Å². The van der Waals surface area contributed by atoms with Crippen LogP contribution in [0.4, 0.5) is 8.78 Å². The van der Waals surface area contributed by atoms with Crippen molar-refractivity contribution < 1.29 is 23.0 Å². The molecule has 7 nitrogen and oxygen atoms in total. The highest BCUT2D eigenvalue weighted by Gasteiger charge is 2.27. The van der Waals surface area contributed by atoms with Gasteiger partial charge < -0.3 is 31.0 Å². The van der Waals surface area contributed by atoms with Gasteiger partial charge in [0.25, 0.3) is 0 Å². The molecule has 0 aliphatic carbocycles. The summed E-state index contributed by atoms with van der Waals surface area (Å²) >= 11 is 0. The lowest BCUT2D eigenvalue weighted by Gasteiger charge is -2.23. The third kappa shape index (κ3) is 3.84. The van der Waals surface area contributed by atoms with Crippen molar-refractivity contribution in [3.05, 3.63) is 71.2 Å². The van der Waals surface area contributed by atoms with E-state index in [4.69, 9.17) is 20.6 Å². The van der Waals surface area contributed by atoms with Crippen LogP contribution in [0.3, 0.4) is 0 Å². The van der Waals surface area contributed by atoms with Crippen molar-refractivity contribution in [3.63, 3.8) is 0 Å². The van der Waals surface area contributed by atoms with Gasteiger partial charge in [0.05, 0.1) is 25.6 Å². The molecule has 4 rings (SSSR count). The van der Waals surface area contributed by atoms with Gasteiger partial charge in [-0.25, -0.2) is 8.78 Å². The monoisotopic (exact) mass is 428 g/mol. The van der Waals surface area contributed by atoms with E-state index in [1.54, 1.807) is 24.5 Å². The number of hydrogen-bond donors (Lipinski definition) is 4. The number of ether oxygens (including phenoxy) is 1. The number of phenols is 1. The number of nitrogens with one attached hydrogen (secondary N) is 1. The van der Waals surface area contributed by atoms with E-state index in [2.05, 4.69) is 10.3 Å². The smallest absolute Gasteiger partial charge is 0.159 e. The van der Waals surface area contributed by atoms with Crippen LogP contribution in [0.1, 0.15) is 22.7 Å². The van der Waals surface area contributed by atoms with Gasteiger partial charge in [-0.2, -0.15) is 0 Å². The third-order valence-electron chi connectivity index (χ3n) is 5.15. The first kappa shape index (κ1) is 21.1. The second-order valence-corrected chi connectivity index (χ2v) is 7.01. The lowest BCUT2D eigenvalue weighted by Crippen LogP contribution is -2.28. The SMILES string of the molecule is NCCNC(c1ccncc1)c1c(O)c2cc(F)c(F)cc2c2occ(COCN)c12. The molecular formula is C22H22F2N4O3. The summed E-state index contributed by atoms with van der Waals surface area (Å²) in [6.07, 6.45) is 4.73. The lowest BCUT2D eigenvalue weighted by atomic mass is 9.90. The zero-order valence-electron chi connectivity index (χ0n) is 16.6. The summed E-state index contributed by atoms with van der Waals surface area (Å²) in [4.78, 5) is 4.05. The number of nitrogens with two attached hydrogens (primary N) is 2. The summed E-state index contributed by atoms with van der Waals surface area (Å²) in [5.74, 6) is -2.30. The highest BCUT2D eigenvalue weighted by Crippen LogP contribution is 2.45. The fraction of sp³-hybridized carbons (Fsp3) is 0.227. The predicted octanol–water partition coefficient (Wildman–Crippen LogP) is 3.04. The molecule has 0 aliphatic rings. The minimum atomic E-state index is -1.07. The first-order valence-corrected chi connectivity index (χ1v) is 9.71. The number of benzene rings is 2. The third-order valence-corrected chi connectivity index (χ3v) is 5.15. The van der Waals surface area contributed by atoms with Crippen LogP contribution in [0.25, 0.3) is 21.7 Å². The quantitative estimate of drug-likeness (QED) is 0.319. The number of nitrogens with zero attached hydrogens (tertiary/aromatic N) is 1. The number of aromatic hydroxyl groups is 1. The van der Waals surface area contributed by atoms with Crippen LogP contribution in [0.15, 0.2) is 47.3 Å². The average molecular weight is 428 g/mol. The Morgan fingerprint density at radius 1 is 1.13 bits per heavy atom. The normalized spacial score (nSPS) is 12.6. The molecule has 2 heterocycles. The van der Waals surface area contributed by atoms with E-state index in [-0.39, 0.29) is 29.9 Å². The molecule has 0 spiro atoms. The predicted molar refractivity (Wildman–Crippen MR) is 112 cm³/mol. The van der Waals surface area contributed by atoms with Gasteiger partial charge >= 0.3 is 0 Å². The van der Waals surface area contributed by atoms with Crippen molar-refractivity contribution in [2.75, 3.05) is 19.8 Å². The Kier molecular flexibility index (Phi) is 6.10. The van der Waals surface area contributed by atoms with Crippen molar-refractivity contribution in [2.45, 2.75) is 12.6 Å². The molecule has 0 radical (unpaired) electrons. The number of pyridine rings is 1. The molecule has 0 amide bonds. The fourth-order valence-electron chi connectivity index (χ4n) is 3.81. The molecule has 31 heavy (non-hydrogen) atoms. The molecule has 162 valence electrons. The van der Waals surface area contributed by atoms with Crippen LogP contribution >= 0.6 is 0 Å². The maximum atomic E-state index is 14.1. The topological polar surface area (TPSA) is 120 Å². The molecule has 2 aromatic heterocycles. The minimum Gasteiger partial charge on any atom is -0.507 e. The van der Waals surface area contributed by atoms with E-state index in [1.807, 2.05) is 0 Å². The van der Waals surface area contributed by atoms with Gasteiger partial charge in [-0.15, -0.1) is 0 Å². The van der Waals surface area contributed by atoms with Crippen LogP contribution in [0.2, 0.25) is 0 Å². The highest BCUT2D eigenvalue weighted by atomic mass is 19.2. The van der Waals surface area contributed by atoms with Crippen molar-refractivity contribution in [2.24, 2.45) is 11.5 Å². The van der Waals surface area contributed by atoms with Crippen molar-refractivity contribution in [1.82, 2.24) is 10.3 Å². The highest BCUT2D eigenvalue weighted by molar-refractivity contribution is 6.10. The number of rotatable bonds is 8. The standard InChI is InChI=1S/C22H22F2N4O3/c23-16-7-14-15(8-17(16)24)22-18(13(10-31-22)9-30-11-26)19(21(14)29)20(28-6-3-25)12-1-4-27-5-2-12/h1-2,4-5,7-8,10,20,28-29H,3,6,9,11,25-26H2. The molecule has 0 fully saturated rings. The van der Waals surface area contributed by atoms with Gasteiger partial charge in [0, 0.05) is 52.8 Å². The zero-order chi connectivity index (χ0) is 22.0. The number of hydrogen-bond acceptors (Lipinski definition) is 7. The van der Waals surface area contributed by atoms with Gasteiger partial charge in [0.2, 0.25) is 0 Å². The number of furan rings is 1. The lowest BCUT2D eigenvalue weighted by molar-refractivity contribution is 0.128. The summed E-state index contributed by atoms with van der Waals surface area (Å²) in [7, 11) is 0. The van der Waals surface area contributed by atoms with E-state index in [0.717, 1.165) is 17.7 Å². The maximum absolute atomic E-state index is 14.1. The number of phenolic OH excluding ortho intramolecular Hbond substituents is 1. The summed E-state index contributed by atoms with van der Waals surface area (Å²) in [5, 5.41) is 15.5. The molecule has 0 saturated heterocycles. The molecule has 4 aromatic rings. The van der Waals surface area contributed by atoms with E-state index < -0.39 is 17.7 Å². The van der Waals surface area contributed by atoms with E-state index in [0.29, 0.717) is 35.2 Å². The zero-order valence-corrected chi connectivity index (χ0v) is 16.6. The summed E-state index contributed by atoms with van der Waals surface area (Å²) in [5.41, 5.74) is 13.3. The Morgan fingerprint density at radius 2 is 1.84 bits per heavy atom. The van der Waals surface area contributed by atoms with Gasteiger partial charge in [0.15, 0.2) is 11.6 Å². The Bertz CT molecular complexity index is 1210. The van der Waals surface area contributed by atoms with Crippen molar-refractivity contribution >= 4 is 21.7 Å². The number of aromatic nitrogens is 1. The van der Waals surface area contributed by atoms with Crippen LogP contribution in [0.5, 0.6) is 5.75 Å². The van der Waals surface area contributed by atoms with Crippen LogP contribution < -0.4 is 16.8 Å². The first-order chi connectivity index (χ1) is 15.1. The summed E-state index contributed by atoms with van der Waals surface area (Å²) < 4.78 is 39.2. The van der Waals surface area contributed by atoms with Crippen LogP contribution in [-0.4, -0.2) is 29.9 Å². The van der Waals surface area contributed by atoms with E-state index in [1.165, 1.54) is 6.26 Å². The second kappa shape index (κ2) is 8.94. The second-order valence-electron chi connectivity index (χ2n) is 7.01. The van der Waals surface area contributed by atoms with Crippen molar-refractivity contribution in [3.8, 4) is 5.75 Å². The number of fused-ring (bicyclic) bond motifs is 3. The van der Waals surface area contributed by atoms with Crippen LogP contribution in [0, 0.1) is 11.6 Å². The summed E-state index contributed by atoms with van der Waals surface area (Å²) in [6.45, 7) is 0.898. The largest absolute Gasteiger partial charge is 0.507 e. The molecule has 6 N–H and O–H groups in total. The molecule has 1 atom stereocenters. The molecule has 9 heteroatoms. The van der Waals surface area contributed by atoms with Gasteiger partial charge in [0.1, 0.15) is 11.3 Å². The Morgan fingerprint density at radius 3 is 2.52 bits per heavy atom. The molecular weight excluding hydrogens is 406 g/mol. The number of halogens is 2. The van der Waals surface area contributed by atoms with Crippen LogP contribution in [-0.2, 0) is 11.3 Å². The molecule has 1 unspecified atom stereocenters. The molecule has 0 bridgehead atoms. The van der Waals surface area contributed by atoms with Gasteiger partial charge in [-0.05, 0) is 29.8 Å². The summed E-state index contributed by atoms with van der Waals surface area (Å²) in [6, 6.07) is 5.05. The molecule has 2 aromatic carbocycles. The maximum Gasteiger partial charge on any atom is 0.159 e. The van der Waals surface area contributed by atoms with Crippen molar-refractivity contribution in [1.29, 1.82) is 0 Å². The van der Waals surface area contributed by atoms with E-state index >= 15 is 0 Å². The molecule has 0 aliphatic heterocycles. The van der Waals surface area contributed by atoms with Gasteiger partial charge in [-0.1, -0.05) is 0 Å².